The normalized spacial score (nSPS) is 16.7. The van der Waals surface area contributed by atoms with E-state index in [1.165, 1.54) is 31.0 Å². The van der Waals surface area contributed by atoms with Crippen LogP contribution in [-0.4, -0.2) is 0 Å². The molecule has 121 valence electrons. The van der Waals surface area contributed by atoms with Gasteiger partial charge >= 0.3 is 0 Å². The van der Waals surface area contributed by atoms with Crippen LogP contribution in [0.4, 0.5) is 13.2 Å². The summed E-state index contributed by atoms with van der Waals surface area (Å²) in [5.74, 6) is 0.151. The number of hydrogen-bond acceptors (Lipinski definition) is 0. The predicted molar refractivity (Wildman–Crippen MR) is 86.6 cm³/mol. The monoisotopic (exact) mass is 317 g/mol. The zero-order valence-electron chi connectivity index (χ0n) is 13.4. The predicted octanol–water partition coefficient (Wildman–Crippen LogP) is 6.33. The lowest BCUT2D eigenvalue weighted by Gasteiger charge is -2.26. The van der Waals surface area contributed by atoms with E-state index >= 15 is 0 Å². The minimum atomic E-state index is -0.651. The molecule has 0 aromatic heterocycles. The van der Waals surface area contributed by atoms with Crippen LogP contribution >= 0.6 is 0 Å². The van der Waals surface area contributed by atoms with Gasteiger partial charge in [-0.15, -0.1) is 0 Å². The minimum absolute atomic E-state index is 0.0420. The Morgan fingerprint density at radius 1 is 0.826 bits per heavy atom. The summed E-state index contributed by atoms with van der Waals surface area (Å²) >= 11 is 0. The molecule has 1 fully saturated rings. The van der Waals surface area contributed by atoms with Crippen molar-refractivity contribution >= 4 is 0 Å². The lowest BCUT2D eigenvalue weighted by atomic mass is 9.79. The quantitative estimate of drug-likeness (QED) is 0.607. The first kappa shape index (κ1) is 16.1. The number of rotatable bonds is 2. The summed E-state index contributed by atoms with van der Waals surface area (Å²) in [6.45, 7) is 3.54. The molecule has 0 amide bonds. The molecule has 1 saturated carbocycles. The number of hydrogen-bond donors (Lipinski definition) is 0. The van der Waals surface area contributed by atoms with E-state index in [0.29, 0.717) is 5.92 Å². The Bertz CT molecular complexity index is 690. The van der Waals surface area contributed by atoms with Crippen molar-refractivity contribution in [1.82, 2.24) is 0 Å². The van der Waals surface area contributed by atoms with E-state index in [1.54, 1.807) is 6.07 Å². The standard InChI is InChI=1S/C20H20F3/c1-12-3-5-14(6-4-12)15-7-8-17(20(23)9-15)16-10-18(21)13(2)19(22)11-16/h7-11,14H,3-6H2,1-2H3. The third kappa shape index (κ3) is 3.29. The van der Waals surface area contributed by atoms with Gasteiger partial charge in [0.25, 0.3) is 0 Å². The molecule has 0 aliphatic heterocycles. The first-order valence-corrected chi connectivity index (χ1v) is 8.02. The van der Waals surface area contributed by atoms with Crippen LogP contribution < -0.4 is 0 Å². The molecule has 23 heavy (non-hydrogen) atoms. The number of benzene rings is 2. The fraction of sp³-hybridized carbons (Fsp3) is 0.350. The average Bonchev–Trinajstić information content (AvgIpc) is 2.53. The Hall–Kier alpha value is -1.77. The van der Waals surface area contributed by atoms with Crippen molar-refractivity contribution < 1.29 is 13.2 Å². The van der Waals surface area contributed by atoms with Gasteiger partial charge in [0.15, 0.2) is 0 Å². The maximum absolute atomic E-state index is 14.5. The Morgan fingerprint density at radius 3 is 2.00 bits per heavy atom. The molecule has 1 aliphatic carbocycles. The highest BCUT2D eigenvalue weighted by molar-refractivity contribution is 5.65. The van der Waals surface area contributed by atoms with Crippen LogP contribution in [0.1, 0.15) is 49.7 Å². The first-order valence-electron chi connectivity index (χ1n) is 8.02. The van der Waals surface area contributed by atoms with Gasteiger partial charge in [-0.05, 0) is 73.8 Å². The molecule has 1 aliphatic rings. The van der Waals surface area contributed by atoms with E-state index in [0.717, 1.165) is 31.2 Å². The molecule has 2 aromatic carbocycles. The van der Waals surface area contributed by atoms with Crippen molar-refractivity contribution in [2.45, 2.75) is 45.4 Å². The Labute approximate surface area is 135 Å². The molecule has 1 radical (unpaired) electrons. The molecule has 3 rings (SSSR count). The summed E-state index contributed by atoms with van der Waals surface area (Å²) in [5.41, 5.74) is 1.42. The zero-order chi connectivity index (χ0) is 16.6. The van der Waals surface area contributed by atoms with E-state index in [9.17, 15) is 13.2 Å². The summed E-state index contributed by atoms with van der Waals surface area (Å²) in [6.07, 6.45) is 4.25. The molecular formula is C20H20F3. The summed E-state index contributed by atoms with van der Waals surface area (Å²) in [7, 11) is 0. The lowest BCUT2D eigenvalue weighted by Crippen LogP contribution is -2.09. The summed E-state index contributed by atoms with van der Waals surface area (Å²) < 4.78 is 41.9. The fourth-order valence-corrected chi connectivity index (χ4v) is 3.26. The van der Waals surface area contributed by atoms with E-state index in [2.05, 4.69) is 6.92 Å². The van der Waals surface area contributed by atoms with Crippen molar-refractivity contribution in [1.29, 1.82) is 0 Å². The van der Waals surface area contributed by atoms with Gasteiger partial charge in [0.05, 0.1) is 0 Å². The van der Waals surface area contributed by atoms with Gasteiger partial charge in [-0.1, -0.05) is 19.1 Å². The van der Waals surface area contributed by atoms with Crippen molar-refractivity contribution in [2.24, 2.45) is 0 Å². The Balaban J connectivity index is 1.91. The van der Waals surface area contributed by atoms with Crippen LogP contribution in [0.5, 0.6) is 0 Å². The van der Waals surface area contributed by atoms with Crippen LogP contribution in [0, 0.1) is 30.3 Å². The van der Waals surface area contributed by atoms with Crippen molar-refractivity contribution in [2.75, 3.05) is 0 Å². The van der Waals surface area contributed by atoms with Crippen LogP contribution in [0.15, 0.2) is 30.3 Å². The molecule has 0 N–H and O–H groups in total. The highest BCUT2D eigenvalue weighted by Crippen LogP contribution is 2.38. The zero-order valence-corrected chi connectivity index (χ0v) is 13.4. The molecule has 0 atom stereocenters. The molecule has 2 aromatic rings. The molecule has 3 heteroatoms. The van der Waals surface area contributed by atoms with E-state index in [1.807, 2.05) is 6.07 Å². The van der Waals surface area contributed by atoms with Gasteiger partial charge in [0.2, 0.25) is 0 Å². The van der Waals surface area contributed by atoms with E-state index < -0.39 is 17.5 Å². The second kappa shape index (κ2) is 6.38. The SMILES string of the molecule is C[C]1CCC(c2ccc(-c3cc(F)c(C)c(F)c3)c(F)c2)CC1. The molecular weight excluding hydrogens is 297 g/mol. The second-order valence-electron chi connectivity index (χ2n) is 6.54. The van der Waals surface area contributed by atoms with Crippen molar-refractivity contribution in [3.63, 3.8) is 0 Å². The van der Waals surface area contributed by atoms with Crippen LogP contribution in [0.3, 0.4) is 0 Å². The van der Waals surface area contributed by atoms with Crippen LogP contribution in [0.25, 0.3) is 11.1 Å². The third-order valence-corrected chi connectivity index (χ3v) is 4.90. The third-order valence-electron chi connectivity index (χ3n) is 4.90. The summed E-state index contributed by atoms with van der Waals surface area (Å²) in [4.78, 5) is 0. The van der Waals surface area contributed by atoms with Gasteiger partial charge in [0.1, 0.15) is 17.5 Å². The molecule has 0 unspecified atom stereocenters. The highest BCUT2D eigenvalue weighted by atomic mass is 19.1. The smallest absolute Gasteiger partial charge is 0.131 e. The molecule has 0 heterocycles. The summed E-state index contributed by atoms with van der Waals surface area (Å²) in [5, 5.41) is 0. The lowest BCUT2D eigenvalue weighted by molar-refractivity contribution is 0.470. The second-order valence-corrected chi connectivity index (χ2v) is 6.54. The van der Waals surface area contributed by atoms with E-state index in [-0.39, 0.29) is 16.7 Å². The highest BCUT2D eigenvalue weighted by Gasteiger charge is 2.21. The molecule has 0 bridgehead atoms. The van der Waals surface area contributed by atoms with Gasteiger partial charge in [-0.25, -0.2) is 13.2 Å². The topological polar surface area (TPSA) is 0 Å². The molecule has 0 nitrogen and oxygen atoms in total. The maximum atomic E-state index is 14.5. The number of halogens is 3. The van der Waals surface area contributed by atoms with Gasteiger partial charge in [-0.3, -0.25) is 0 Å². The minimum Gasteiger partial charge on any atom is -0.207 e. The Kier molecular flexibility index (Phi) is 4.47. The average molecular weight is 317 g/mol. The van der Waals surface area contributed by atoms with Crippen LogP contribution in [-0.2, 0) is 0 Å². The van der Waals surface area contributed by atoms with Crippen molar-refractivity contribution in [3.05, 3.63) is 64.8 Å². The van der Waals surface area contributed by atoms with Crippen LogP contribution in [0.2, 0.25) is 0 Å². The molecule has 0 saturated heterocycles. The summed E-state index contributed by atoms with van der Waals surface area (Å²) in [6, 6.07) is 7.43. The largest absolute Gasteiger partial charge is 0.207 e. The van der Waals surface area contributed by atoms with Gasteiger partial charge < -0.3 is 0 Å². The molecule has 0 spiro atoms. The van der Waals surface area contributed by atoms with E-state index in [4.69, 9.17) is 0 Å². The first-order chi connectivity index (χ1) is 11.0. The maximum Gasteiger partial charge on any atom is 0.131 e. The fourth-order valence-electron chi connectivity index (χ4n) is 3.26. The van der Waals surface area contributed by atoms with Gasteiger partial charge in [0, 0.05) is 11.1 Å². The van der Waals surface area contributed by atoms with Gasteiger partial charge in [-0.2, -0.15) is 0 Å². The van der Waals surface area contributed by atoms with Crippen molar-refractivity contribution in [3.8, 4) is 11.1 Å². The Morgan fingerprint density at radius 2 is 1.43 bits per heavy atom.